The van der Waals surface area contributed by atoms with Crippen molar-refractivity contribution in [1.82, 2.24) is 0 Å². The standard InChI is InChI=1S/C11H22O2/c1-3-7-11(13)9-6-5-8-10(12)4-2/h3,10-13H,1,4-9H2,2H3. The molecule has 0 saturated heterocycles. The first-order chi connectivity index (χ1) is 6.20. The molecule has 0 bridgehead atoms. The van der Waals surface area contributed by atoms with Crippen molar-refractivity contribution in [3.8, 4) is 0 Å². The fourth-order valence-electron chi connectivity index (χ4n) is 1.27. The van der Waals surface area contributed by atoms with Gasteiger partial charge < -0.3 is 10.2 Å². The van der Waals surface area contributed by atoms with Gasteiger partial charge in [0.25, 0.3) is 0 Å². The Balaban J connectivity index is 3.19. The van der Waals surface area contributed by atoms with Gasteiger partial charge in [0.15, 0.2) is 0 Å². The van der Waals surface area contributed by atoms with Crippen LogP contribution in [0.3, 0.4) is 0 Å². The van der Waals surface area contributed by atoms with Crippen LogP contribution in [0.5, 0.6) is 0 Å². The summed E-state index contributed by atoms with van der Waals surface area (Å²) in [7, 11) is 0. The van der Waals surface area contributed by atoms with Crippen LogP contribution in [-0.4, -0.2) is 22.4 Å². The Bertz CT molecular complexity index is 123. The third kappa shape index (κ3) is 8.00. The van der Waals surface area contributed by atoms with E-state index in [1.54, 1.807) is 6.08 Å². The summed E-state index contributed by atoms with van der Waals surface area (Å²) in [5.41, 5.74) is 0. The molecule has 0 aromatic rings. The highest BCUT2D eigenvalue weighted by atomic mass is 16.3. The van der Waals surface area contributed by atoms with Gasteiger partial charge in [-0.25, -0.2) is 0 Å². The summed E-state index contributed by atoms with van der Waals surface area (Å²) in [4.78, 5) is 0. The largest absolute Gasteiger partial charge is 0.393 e. The average molecular weight is 186 g/mol. The molecule has 0 aliphatic heterocycles. The Labute approximate surface area is 81.3 Å². The molecule has 0 fully saturated rings. The van der Waals surface area contributed by atoms with E-state index in [1.807, 2.05) is 6.92 Å². The molecule has 0 spiro atoms. The van der Waals surface area contributed by atoms with E-state index in [1.165, 1.54) is 0 Å². The summed E-state index contributed by atoms with van der Waals surface area (Å²) in [6.45, 7) is 5.55. The van der Waals surface area contributed by atoms with Gasteiger partial charge in [0.1, 0.15) is 0 Å². The molecule has 0 rings (SSSR count). The third-order valence-electron chi connectivity index (χ3n) is 2.23. The lowest BCUT2D eigenvalue weighted by molar-refractivity contribution is 0.144. The summed E-state index contributed by atoms with van der Waals surface area (Å²) >= 11 is 0. The van der Waals surface area contributed by atoms with Crippen molar-refractivity contribution in [2.24, 2.45) is 0 Å². The number of rotatable bonds is 8. The van der Waals surface area contributed by atoms with E-state index in [2.05, 4.69) is 6.58 Å². The minimum absolute atomic E-state index is 0.156. The lowest BCUT2D eigenvalue weighted by Gasteiger charge is -2.09. The van der Waals surface area contributed by atoms with Gasteiger partial charge >= 0.3 is 0 Å². The van der Waals surface area contributed by atoms with E-state index in [0.29, 0.717) is 6.42 Å². The summed E-state index contributed by atoms with van der Waals surface area (Å²) < 4.78 is 0. The SMILES string of the molecule is C=CCC(O)CCCCC(O)CC. The summed E-state index contributed by atoms with van der Waals surface area (Å²) in [6, 6.07) is 0. The van der Waals surface area contributed by atoms with Crippen LogP contribution >= 0.6 is 0 Å². The Kier molecular flexibility index (Phi) is 8.05. The fourth-order valence-corrected chi connectivity index (χ4v) is 1.27. The van der Waals surface area contributed by atoms with E-state index in [4.69, 9.17) is 0 Å². The van der Waals surface area contributed by atoms with Crippen molar-refractivity contribution in [2.75, 3.05) is 0 Å². The van der Waals surface area contributed by atoms with Crippen LogP contribution in [0.2, 0.25) is 0 Å². The zero-order valence-electron chi connectivity index (χ0n) is 8.58. The normalized spacial score (nSPS) is 15.3. The summed E-state index contributed by atoms with van der Waals surface area (Å²) in [5, 5.41) is 18.6. The quantitative estimate of drug-likeness (QED) is 0.451. The first-order valence-electron chi connectivity index (χ1n) is 5.17. The molecule has 78 valence electrons. The molecule has 0 radical (unpaired) electrons. The first-order valence-corrected chi connectivity index (χ1v) is 5.17. The maximum Gasteiger partial charge on any atom is 0.0574 e. The van der Waals surface area contributed by atoms with E-state index in [0.717, 1.165) is 32.1 Å². The Hall–Kier alpha value is -0.340. The highest BCUT2D eigenvalue weighted by Crippen LogP contribution is 2.09. The lowest BCUT2D eigenvalue weighted by atomic mass is 10.1. The van der Waals surface area contributed by atoms with Crippen LogP contribution in [0.4, 0.5) is 0 Å². The number of unbranched alkanes of at least 4 members (excludes halogenated alkanes) is 1. The first kappa shape index (κ1) is 12.7. The fraction of sp³-hybridized carbons (Fsp3) is 0.818. The summed E-state index contributed by atoms with van der Waals surface area (Å²) in [6.07, 6.45) is 6.53. The molecule has 0 amide bonds. The van der Waals surface area contributed by atoms with Crippen LogP contribution in [0.1, 0.15) is 45.4 Å². The lowest BCUT2D eigenvalue weighted by Crippen LogP contribution is -2.07. The molecule has 0 saturated carbocycles. The number of aliphatic hydroxyl groups excluding tert-OH is 2. The molecule has 0 aliphatic carbocycles. The van der Waals surface area contributed by atoms with Crippen molar-refractivity contribution in [1.29, 1.82) is 0 Å². The molecule has 0 aliphatic rings. The molecule has 2 unspecified atom stereocenters. The molecule has 2 atom stereocenters. The zero-order chi connectivity index (χ0) is 10.1. The molecule has 2 heteroatoms. The molecule has 13 heavy (non-hydrogen) atoms. The number of aliphatic hydroxyl groups is 2. The van der Waals surface area contributed by atoms with E-state index in [-0.39, 0.29) is 12.2 Å². The Morgan fingerprint density at radius 3 is 2.15 bits per heavy atom. The topological polar surface area (TPSA) is 40.5 Å². The number of hydrogen-bond donors (Lipinski definition) is 2. The maximum atomic E-state index is 9.34. The van der Waals surface area contributed by atoms with Gasteiger partial charge in [0.2, 0.25) is 0 Å². The second-order valence-electron chi connectivity index (χ2n) is 3.52. The van der Waals surface area contributed by atoms with Crippen molar-refractivity contribution in [2.45, 2.75) is 57.7 Å². The van der Waals surface area contributed by atoms with Gasteiger partial charge in [0.05, 0.1) is 12.2 Å². The van der Waals surface area contributed by atoms with Gasteiger partial charge in [-0.1, -0.05) is 25.8 Å². The smallest absolute Gasteiger partial charge is 0.0574 e. The van der Waals surface area contributed by atoms with Gasteiger partial charge in [-0.05, 0) is 25.7 Å². The minimum atomic E-state index is -0.240. The maximum absolute atomic E-state index is 9.34. The van der Waals surface area contributed by atoms with Crippen molar-refractivity contribution in [3.63, 3.8) is 0 Å². The molecule has 0 heterocycles. The second kappa shape index (κ2) is 8.27. The molecule has 2 nitrogen and oxygen atoms in total. The van der Waals surface area contributed by atoms with Crippen LogP contribution < -0.4 is 0 Å². The molecule has 0 aromatic heterocycles. The molecular weight excluding hydrogens is 164 g/mol. The van der Waals surface area contributed by atoms with Gasteiger partial charge in [-0.2, -0.15) is 0 Å². The Morgan fingerprint density at radius 2 is 1.69 bits per heavy atom. The predicted molar refractivity (Wildman–Crippen MR) is 55.6 cm³/mol. The van der Waals surface area contributed by atoms with E-state index < -0.39 is 0 Å². The highest BCUT2D eigenvalue weighted by Gasteiger charge is 2.03. The van der Waals surface area contributed by atoms with Crippen LogP contribution in [0, 0.1) is 0 Å². The van der Waals surface area contributed by atoms with Crippen molar-refractivity contribution in [3.05, 3.63) is 12.7 Å². The monoisotopic (exact) mass is 186 g/mol. The van der Waals surface area contributed by atoms with Gasteiger partial charge in [-0.15, -0.1) is 6.58 Å². The van der Waals surface area contributed by atoms with Crippen molar-refractivity contribution >= 4 is 0 Å². The van der Waals surface area contributed by atoms with Crippen LogP contribution in [-0.2, 0) is 0 Å². The predicted octanol–water partition coefficient (Wildman–Crippen LogP) is 2.25. The molecule has 2 N–H and O–H groups in total. The van der Waals surface area contributed by atoms with E-state index in [9.17, 15) is 10.2 Å². The Morgan fingerprint density at radius 1 is 1.15 bits per heavy atom. The molecular formula is C11H22O2. The summed E-state index contributed by atoms with van der Waals surface area (Å²) in [5.74, 6) is 0. The third-order valence-corrected chi connectivity index (χ3v) is 2.23. The average Bonchev–Trinajstić information content (AvgIpc) is 2.12. The van der Waals surface area contributed by atoms with Gasteiger partial charge in [0, 0.05) is 0 Å². The van der Waals surface area contributed by atoms with Crippen LogP contribution in [0.25, 0.3) is 0 Å². The number of hydrogen-bond acceptors (Lipinski definition) is 2. The van der Waals surface area contributed by atoms with E-state index >= 15 is 0 Å². The van der Waals surface area contributed by atoms with Crippen molar-refractivity contribution < 1.29 is 10.2 Å². The zero-order valence-corrected chi connectivity index (χ0v) is 8.58. The highest BCUT2D eigenvalue weighted by molar-refractivity contribution is 4.72. The molecule has 0 aromatic carbocycles. The second-order valence-corrected chi connectivity index (χ2v) is 3.52. The minimum Gasteiger partial charge on any atom is -0.393 e. The van der Waals surface area contributed by atoms with Gasteiger partial charge in [-0.3, -0.25) is 0 Å². The van der Waals surface area contributed by atoms with Crippen LogP contribution in [0.15, 0.2) is 12.7 Å².